The summed E-state index contributed by atoms with van der Waals surface area (Å²) in [6.07, 6.45) is 4.46. The van der Waals surface area contributed by atoms with E-state index in [9.17, 15) is 9.59 Å². The topological polar surface area (TPSA) is 100 Å². The molecular formula is C26H22N4O3S. The summed E-state index contributed by atoms with van der Waals surface area (Å²) in [6, 6.07) is 16.1. The number of benzene rings is 2. The van der Waals surface area contributed by atoms with E-state index in [0.29, 0.717) is 28.5 Å². The molecule has 0 saturated heterocycles. The van der Waals surface area contributed by atoms with Crippen molar-refractivity contribution in [2.75, 3.05) is 5.32 Å². The Morgan fingerprint density at radius 3 is 2.85 bits per heavy atom. The summed E-state index contributed by atoms with van der Waals surface area (Å²) in [4.78, 5) is 34.5. The molecule has 1 saturated carbocycles. The molecule has 2 amide bonds. The van der Waals surface area contributed by atoms with Crippen LogP contribution in [0.1, 0.15) is 39.9 Å². The van der Waals surface area contributed by atoms with E-state index in [4.69, 9.17) is 4.42 Å². The van der Waals surface area contributed by atoms with Crippen molar-refractivity contribution in [2.45, 2.75) is 31.2 Å². The van der Waals surface area contributed by atoms with Crippen molar-refractivity contribution < 1.29 is 14.0 Å². The molecule has 2 aromatic carbocycles. The number of amides is 2. The normalized spacial score (nSPS) is 14.4. The molecule has 5 aromatic rings. The molecule has 3 heterocycles. The molecule has 1 fully saturated rings. The van der Waals surface area contributed by atoms with Crippen molar-refractivity contribution in [3.05, 3.63) is 82.5 Å². The van der Waals surface area contributed by atoms with Gasteiger partial charge in [0.05, 0.1) is 4.88 Å². The van der Waals surface area contributed by atoms with Gasteiger partial charge in [-0.1, -0.05) is 24.3 Å². The third kappa shape index (κ3) is 4.08. The lowest BCUT2D eigenvalue weighted by Crippen LogP contribution is -2.45. The first-order valence-electron chi connectivity index (χ1n) is 11.2. The van der Waals surface area contributed by atoms with Gasteiger partial charge in [-0.05, 0) is 54.1 Å². The number of carbonyl (C=O) groups is 2. The van der Waals surface area contributed by atoms with Gasteiger partial charge in [0, 0.05) is 35.1 Å². The van der Waals surface area contributed by atoms with Crippen molar-refractivity contribution in [1.29, 1.82) is 0 Å². The minimum Gasteiger partial charge on any atom is -0.440 e. The summed E-state index contributed by atoms with van der Waals surface area (Å²) < 4.78 is 5.82. The fraction of sp³-hybridized carbons (Fsp3) is 0.192. The number of rotatable bonds is 7. The molecule has 0 spiro atoms. The Bertz CT molecular complexity index is 1500. The van der Waals surface area contributed by atoms with Gasteiger partial charge in [0.1, 0.15) is 11.6 Å². The second-order valence-electron chi connectivity index (χ2n) is 8.57. The second kappa shape index (κ2) is 8.46. The monoisotopic (exact) mass is 470 g/mol. The van der Waals surface area contributed by atoms with Crippen molar-refractivity contribution >= 4 is 50.8 Å². The first kappa shape index (κ1) is 20.7. The molecule has 34 heavy (non-hydrogen) atoms. The number of aromatic nitrogens is 2. The zero-order chi connectivity index (χ0) is 23.1. The van der Waals surface area contributed by atoms with Crippen molar-refractivity contribution in [3.8, 4) is 0 Å². The number of fused-ring (bicyclic) bond motifs is 2. The number of oxazole rings is 1. The van der Waals surface area contributed by atoms with Crippen LogP contribution in [0.2, 0.25) is 0 Å². The molecule has 1 aliphatic rings. The predicted octanol–water partition coefficient (Wildman–Crippen LogP) is 5.23. The highest BCUT2D eigenvalue weighted by molar-refractivity contribution is 7.12. The Morgan fingerprint density at radius 2 is 2.03 bits per heavy atom. The van der Waals surface area contributed by atoms with Gasteiger partial charge in [-0.15, -0.1) is 11.3 Å². The number of anilines is 1. The van der Waals surface area contributed by atoms with Crippen molar-refractivity contribution in [3.63, 3.8) is 0 Å². The highest BCUT2D eigenvalue weighted by atomic mass is 32.1. The first-order chi connectivity index (χ1) is 16.6. The molecule has 0 radical (unpaired) electrons. The Kier molecular flexibility index (Phi) is 5.15. The van der Waals surface area contributed by atoms with Crippen LogP contribution in [0.3, 0.4) is 0 Å². The molecule has 3 N–H and O–H groups in total. The summed E-state index contributed by atoms with van der Waals surface area (Å²) in [5.41, 5.74) is 3.99. The minimum absolute atomic E-state index is 0.268. The van der Waals surface area contributed by atoms with Gasteiger partial charge < -0.3 is 20.0 Å². The van der Waals surface area contributed by atoms with Crippen LogP contribution in [-0.4, -0.2) is 27.8 Å². The standard InChI is InChI=1S/C26H22N4O3S/c31-24(28-17-9-10-22-20(13-17)30-26(33-22)15-7-8-15)21(29-25(32)23-6-3-11-34-23)12-16-14-27-19-5-2-1-4-18(16)19/h1-6,9-11,13-15,21,27H,7-8,12H2,(H,28,31)(H,29,32). The maximum atomic E-state index is 13.4. The Labute approximate surface area is 199 Å². The van der Waals surface area contributed by atoms with Gasteiger partial charge in [0.2, 0.25) is 5.91 Å². The Morgan fingerprint density at radius 1 is 1.15 bits per heavy atom. The number of carbonyl (C=O) groups excluding carboxylic acids is 2. The minimum atomic E-state index is -0.760. The molecule has 1 unspecified atom stereocenters. The molecule has 6 rings (SSSR count). The van der Waals surface area contributed by atoms with E-state index in [-0.39, 0.29) is 11.8 Å². The predicted molar refractivity (Wildman–Crippen MR) is 132 cm³/mol. The number of thiophene rings is 1. The Balaban J connectivity index is 1.26. The first-order valence-corrected chi connectivity index (χ1v) is 12.1. The largest absolute Gasteiger partial charge is 0.440 e. The van der Waals surface area contributed by atoms with E-state index < -0.39 is 6.04 Å². The second-order valence-corrected chi connectivity index (χ2v) is 9.51. The molecule has 1 atom stereocenters. The molecule has 170 valence electrons. The van der Waals surface area contributed by atoms with Gasteiger partial charge >= 0.3 is 0 Å². The smallest absolute Gasteiger partial charge is 0.262 e. The summed E-state index contributed by atoms with van der Waals surface area (Å²) in [6.45, 7) is 0. The third-order valence-corrected chi connectivity index (χ3v) is 6.93. The van der Waals surface area contributed by atoms with Gasteiger partial charge in [0.25, 0.3) is 5.91 Å². The SMILES string of the molecule is O=C(NC(Cc1c[nH]c2ccccc12)C(=O)Nc1ccc2oc(C3CC3)nc2c1)c1cccs1. The van der Waals surface area contributed by atoms with Crippen LogP contribution in [0.5, 0.6) is 0 Å². The number of para-hydroxylation sites is 1. The highest BCUT2D eigenvalue weighted by Gasteiger charge is 2.29. The fourth-order valence-corrected chi connectivity index (χ4v) is 4.75. The maximum absolute atomic E-state index is 13.4. The molecule has 1 aliphatic carbocycles. The van der Waals surface area contributed by atoms with Crippen molar-refractivity contribution in [1.82, 2.24) is 15.3 Å². The number of nitrogens with one attached hydrogen (secondary N) is 3. The van der Waals surface area contributed by atoms with E-state index in [1.807, 2.05) is 54.0 Å². The highest BCUT2D eigenvalue weighted by Crippen LogP contribution is 2.40. The number of hydrogen-bond acceptors (Lipinski definition) is 5. The van der Waals surface area contributed by atoms with Gasteiger partial charge in [-0.3, -0.25) is 9.59 Å². The summed E-state index contributed by atoms with van der Waals surface area (Å²) in [5.74, 6) is 0.619. The van der Waals surface area contributed by atoms with Crippen LogP contribution in [0.25, 0.3) is 22.0 Å². The lowest BCUT2D eigenvalue weighted by atomic mass is 10.0. The lowest BCUT2D eigenvalue weighted by Gasteiger charge is -2.18. The lowest BCUT2D eigenvalue weighted by molar-refractivity contribution is -0.118. The summed E-state index contributed by atoms with van der Waals surface area (Å²) in [5, 5.41) is 8.75. The van der Waals surface area contributed by atoms with Crippen LogP contribution >= 0.6 is 11.3 Å². The fourth-order valence-electron chi connectivity index (χ4n) is 4.12. The van der Waals surface area contributed by atoms with Gasteiger partial charge in [-0.2, -0.15) is 0 Å². The van der Waals surface area contributed by atoms with E-state index in [0.717, 1.165) is 40.7 Å². The number of aromatic amines is 1. The molecule has 8 heteroatoms. The molecular weight excluding hydrogens is 448 g/mol. The van der Waals surface area contributed by atoms with Crippen LogP contribution in [0, 0.1) is 0 Å². The van der Waals surface area contributed by atoms with Crippen LogP contribution in [-0.2, 0) is 11.2 Å². The van der Waals surface area contributed by atoms with Gasteiger partial charge in [0.15, 0.2) is 11.5 Å². The molecule has 0 bridgehead atoms. The average molecular weight is 471 g/mol. The number of H-pyrrole nitrogens is 1. The van der Waals surface area contributed by atoms with Crippen LogP contribution < -0.4 is 10.6 Å². The molecule has 0 aliphatic heterocycles. The van der Waals surface area contributed by atoms with E-state index >= 15 is 0 Å². The number of nitrogens with zero attached hydrogens (tertiary/aromatic N) is 1. The summed E-state index contributed by atoms with van der Waals surface area (Å²) in [7, 11) is 0. The van der Waals surface area contributed by atoms with Crippen LogP contribution in [0.15, 0.2) is 70.6 Å². The van der Waals surface area contributed by atoms with E-state index in [1.54, 1.807) is 12.1 Å². The maximum Gasteiger partial charge on any atom is 0.262 e. The van der Waals surface area contributed by atoms with Crippen molar-refractivity contribution in [2.24, 2.45) is 0 Å². The number of hydrogen-bond donors (Lipinski definition) is 3. The summed E-state index contributed by atoms with van der Waals surface area (Å²) >= 11 is 1.34. The molecule has 7 nitrogen and oxygen atoms in total. The molecule has 3 aromatic heterocycles. The zero-order valence-corrected chi connectivity index (χ0v) is 19.0. The third-order valence-electron chi connectivity index (χ3n) is 6.06. The quantitative estimate of drug-likeness (QED) is 0.303. The Hall–Kier alpha value is -3.91. The average Bonchev–Trinajstić information content (AvgIpc) is 3.23. The van der Waals surface area contributed by atoms with Gasteiger partial charge in [-0.25, -0.2) is 4.98 Å². The van der Waals surface area contributed by atoms with Crippen LogP contribution in [0.4, 0.5) is 5.69 Å². The zero-order valence-electron chi connectivity index (χ0n) is 18.2. The van der Waals surface area contributed by atoms with E-state index in [1.165, 1.54) is 11.3 Å². The van der Waals surface area contributed by atoms with E-state index in [2.05, 4.69) is 20.6 Å².